The van der Waals surface area contributed by atoms with Crippen LogP contribution in [0.4, 0.5) is 0 Å². The molecule has 0 heterocycles. The number of halogens is 1. The Bertz CT molecular complexity index is 869. The highest BCUT2D eigenvalue weighted by Crippen LogP contribution is 2.22. The van der Waals surface area contributed by atoms with Crippen molar-refractivity contribution in [2.75, 3.05) is 19.7 Å². The molecular formula is C23H25BrN2O4. The van der Waals surface area contributed by atoms with E-state index in [9.17, 15) is 14.4 Å². The quantitative estimate of drug-likeness (QED) is 0.424. The normalized spacial score (nSPS) is 11.3. The third-order valence-corrected chi connectivity index (χ3v) is 4.93. The molecule has 0 aliphatic heterocycles. The number of nitrogens with one attached hydrogen (secondary N) is 1. The third-order valence-electron chi connectivity index (χ3n) is 4.40. The molecule has 6 nitrogen and oxygen atoms in total. The molecule has 158 valence electrons. The van der Waals surface area contributed by atoms with Gasteiger partial charge in [0.25, 0.3) is 0 Å². The van der Waals surface area contributed by atoms with E-state index < -0.39 is 17.9 Å². The van der Waals surface area contributed by atoms with Crippen molar-refractivity contribution in [1.82, 2.24) is 10.2 Å². The molecule has 0 aliphatic carbocycles. The van der Waals surface area contributed by atoms with Crippen LogP contribution < -0.4 is 5.32 Å². The lowest BCUT2D eigenvalue weighted by Crippen LogP contribution is -2.45. The summed E-state index contributed by atoms with van der Waals surface area (Å²) in [5.41, 5.74) is 1.67. The lowest BCUT2D eigenvalue weighted by atomic mass is 10.0. The molecule has 7 heteroatoms. The first-order valence-corrected chi connectivity index (χ1v) is 10.4. The van der Waals surface area contributed by atoms with E-state index in [2.05, 4.69) is 27.8 Å². The van der Waals surface area contributed by atoms with Gasteiger partial charge in [-0.2, -0.15) is 0 Å². The molecule has 0 radical (unpaired) electrons. The number of hydrogen-bond acceptors (Lipinski definition) is 4. The Hall–Kier alpha value is -2.93. The van der Waals surface area contributed by atoms with Gasteiger partial charge in [-0.25, -0.2) is 0 Å². The number of esters is 1. The zero-order chi connectivity index (χ0) is 21.9. The highest BCUT2D eigenvalue weighted by molar-refractivity contribution is 9.10. The Balaban J connectivity index is 2.26. The predicted octanol–water partition coefficient (Wildman–Crippen LogP) is 3.43. The fourth-order valence-corrected chi connectivity index (χ4v) is 3.22. The van der Waals surface area contributed by atoms with Gasteiger partial charge in [-0.15, -0.1) is 0 Å². The summed E-state index contributed by atoms with van der Waals surface area (Å²) in [6.45, 7) is 5.54. The zero-order valence-electron chi connectivity index (χ0n) is 16.8. The summed E-state index contributed by atoms with van der Waals surface area (Å²) in [5.74, 6) is -1.36. The van der Waals surface area contributed by atoms with E-state index in [0.29, 0.717) is 18.5 Å². The van der Waals surface area contributed by atoms with Crippen LogP contribution in [0.25, 0.3) is 0 Å². The minimum Gasteiger partial charge on any atom is -0.465 e. The lowest BCUT2D eigenvalue weighted by Gasteiger charge is -2.30. The van der Waals surface area contributed by atoms with E-state index in [1.807, 2.05) is 30.3 Å². The number of hydrogen-bond donors (Lipinski definition) is 1. The number of amides is 2. The second-order valence-electron chi connectivity index (χ2n) is 6.45. The summed E-state index contributed by atoms with van der Waals surface area (Å²) < 4.78 is 5.83. The molecule has 0 spiro atoms. The minimum atomic E-state index is -0.901. The Labute approximate surface area is 185 Å². The Kier molecular flexibility index (Phi) is 9.28. The topological polar surface area (TPSA) is 75.7 Å². The van der Waals surface area contributed by atoms with E-state index in [-0.39, 0.29) is 19.1 Å². The van der Waals surface area contributed by atoms with Crippen molar-refractivity contribution in [3.63, 3.8) is 0 Å². The second-order valence-corrected chi connectivity index (χ2v) is 7.36. The number of nitrogens with zero attached hydrogens (tertiary/aromatic N) is 1. The van der Waals surface area contributed by atoms with E-state index in [0.717, 1.165) is 10.0 Å². The van der Waals surface area contributed by atoms with Gasteiger partial charge in [0, 0.05) is 11.0 Å². The standard InChI is InChI=1S/C23H25BrN2O4/c1-3-20(27)26(15-14-17-10-12-19(24)13-11-17)22(18-8-6-5-7-9-18)23(29)25-16-21(28)30-4-2/h3,5-13,22H,1,4,14-16H2,2H3,(H,25,29). The number of rotatable bonds is 10. The average Bonchev–Trinajstić information content (AvgIpc) is 2.76. The highest BCUT2D eigenvalue weighted by atomic mass is 79.9. The monoisotopic (exact) mass is 472 g/mol. The van der Waals surface area contributed by atoms with Gasteiger partial charge in [0.2, 0.25) is 11.8 Å². The van der Waals surface area contributed by atoms with Crippen LogP contribution >= 0.6 is 15.9 Å². The lowest BCUT2D eigenvalue weighted by molar-refractivity contribution is -0.144. The van der Waals surface area contributed by atoms with Gasteiger partial charge in [-0.05, 0) is 42.7 Å². The number of benzene rings is 2. The van der Waals surface area contributed by atoms with E-state index in [4.69, 9.17) is 4.74 Å². The first-order chi connectivity index (χ1) is 14.5. The van der Waals surface area contributed by atoms with Crippen LogP contribution in [-0.4, -0.2) is 42.4 Å². The van der Waals surface area contributed by atoms with E-state index in [1.165, 1.54) is 11.0 Å². The molecule has 0 saturated heterocycles. The van der Waals surface area contributed by atoms with Crippen LogP contribution in [0.3, 0.4) is 0 Å². The van der Waals surface area contributed by atoms with Gasteiger partial charge in [0.1, 0.15) is 12.6 Å². The van der Waals surface area contributed by atoms with Gasteiger partial charge < -0.3 is 15.0 Å². The molecule has 2 amide bonds. The Morgan fingerprint density at radius 2 is 1.80 bits per heavy atom. The zero-order valence-corrected chi connectivity index (χ0v) is 18.4. The second kappa shape index (κ2) is 11.9. The first-order valence-electron chi connectivity index (χ1n) is 9.62. The first kappa shape index (κ1) is 23.3. The molecule has 30 heavy (non-hydrogen) atoms. The number of ether oxygens (including phenoxy) is 1. The molecule has 0 aliphatic rings. The molecule has 2 aromatic rings. The maximum Gasteiger partial charge on any atom is 0.325 e. The van der Waals surface area contributed by atoms with Gasteiger partial charge in [0.05, 0.1) is 6.61 Å². The van der Waals surface area contributed by atoms with Crippen molar-refractivity contribution in [1.29, 1.82) is 0 Å². The van der Waals surface area contributed by atoms with Gasteiger partial charge in [-0.3, -0.25) is 14.4 Å². The molecule has 2 rings (SSSR count). The molecule has 0 fully saturated rings. The maximum absolute atomic E-state index is 13.0. The molecule has 0 bridgehead atoms. The summed E-state index contributed by atoms with van der Waals surface area (Å²) >= 11 is 3.40. The Morgan fingerprint density at radius 3 is 2.40 bits per heavy atom. The summed E-state index contributed by atoms with van der Waals surface area (Å²) in [5, 5.41) is 2.58. The van der Waals surface area contributed by atoms with Crippen LogP contribution in [0, 0.1) is 0 Å². The molecule has 1 N–H and O–H groups in total. The van der Waals surface area contributed by atoms with Crippen molar-refractivity contribution >= 4 is 33.7 Å². The SMILES string of the molecule is C=CC(=O)N(CCc1ccc(Br)cc1)C(C(=O)NCC(=O)OCC)c1ccccc1. The average molecular weight is 473 g/mol. The predicted molar refractivity (Wildman–Crippen MR) is 119 cm³/mol. The van der Waals surface area contributed by atoms with Crippen molar-refractivity contribution in [2.45, 2.75) is 19.4 Å². The molecule has 0 aromatic heterocycles. The largest absolute Gasteiger partial charge is 0.465 e. The smallest absolute Gasteiger partial charge is 0.325 e. The fourth-order valence-electron chi connectivity index (χ4n) is 2.96. The van der Waals surface area contributed by atoms with Crippen molar-refractivity contribution in [3.05, 3.63) is 82.9 Å². The van der Waals surface area contributed by atoms with Crippen LogP contribution in [-0.2, 0) is 25.5 Å². The number of carbonyl (C=O) groups is 3. The van der Waals surface area contributed by atoms with Crippen LogP contribution in [0.1, 0.15) is 24.1 Å². The summed E-state index contributed by atoms with van der Waals surface area (Å²) in [6, 6.07) is 15.8. The summed E-state index contributed by atoms with van der Waals surface area (Å²) in [4.78, 5) is 38.8. The fraction of sp³-hybridized carbons (Fsp3) is 0.261. The molecule has 1 atom stereocenters. The van der Waals surface area contributed by atoms with Crippen LogP contribution in [0.15, 0.2) is 71.7 Å². The number of carbonyl (C=O) groups excluding carboxylic acids is 3. The summed E-state index contributed by atoms with van der Waals surface area (Å²) in [7, 11) is 0. The maximum atomic E-state index is 13.0. The van der Waals surface area contributed by atoms with E-state index >= 15 is 0 Å². The van der Waals surface area contributed by atoms with Crippen molar-refractivity contribution in [3.8, 4) is 0 Å². The van der Waals surface area contributed by atoms with Gasteiger partial charge in [-0.1, -0.05) is 65.0 Å². The van der Waals surface area contributed by atoms with Crippen molar-refractivity contribution < 1.29 is 19.1 Å². The molecular weight excluding hydrogens is 448 g/mol. The molecule has 0 saturated carbocycles. The van der Waals surface area contributed by atoms with E-state index in [1.54, 1.807) is 31.2 Å². The molecule has 1 unspecified atom stereocenters. The van der Waals surface area contributed by atoms with Crippen LogP contribution in [0.2, 0.25) is 0 Å². The minimum absolute atomic E-state index is 0.227. The Morgan fingerprint density at radius 1 is 1.13 bits per heavy atom. The third kappa shape index (κ3) is 6.84. The van der Waals surface area contributed by atoms with Crippen molar-refractivity contribution in [2.24, 2.45) is 0 Å². The molecule has 2 aromatic carbocycles. The highest BCUT2D eigenvalue weighted by Gasteiger charge is 2.30. The summed E-state index contributed by atoms with van der Waals surface area (Å²) in [6.07, 6.45) is 1.75. The van der Waals surface area contributed by atoms with Gasteiger partial charge in [0.15, 0.2) is 0 Å². The van der Waals surface area contributed by atoms with Gasteiger partial charge >= 0.3 is 5.97 Å². The van der Waals surface area contributed by atoms with Crippen LogP contribution in [0.5, 0.6) is 0 Å².